The molecule has 0 aromatic heterocycles. The molecule has 2 saturated heterocycles. The van der Waals surface area contributed by atoms with Gasteiger partial charge in [0.25, 0.3) is 0 Å². The van der Waals surface area contributed by atoms with Crippen molar-refractivity contribution in [3.8, 4) is 0 Å². The average molecular weight is 312 g/mol. The van der Waals surface area contributed by atoms with Crippen LogP contribution in [0.25, 0.3) is 0 Å². The van der Waals surface area contributed by atoms with Gasteiger partial charge < -0.3 is 9.47 Å². The van der Waals surface area contributed by atoms with Crippen LogP contribution in [0, 0.1) is 11.3 Å². The van der Waals surface area contributed by atoms with E-state index in [-0.39, 0.29) is 11.3 Å². The first-order valence-electron chi connectivity index (χ1n) is 8.87. The standard InChI is InChI=1S/C18H34NO3/c1-8-15(5)12-21-18(22-13-15)11-16(6,9-2)19(20)17(7,10-3)14(18)4/h14H,8-13H2,1-7H3. The van der Waals surface area contributed by atoms with Crippen molar-refractivity contribution in [2.24, 2.45) is 11.3 Å². The van der Waals surface area contributed by atoms with E-state index in [0.717, 1.165) is 19.3 Å². The van der Waals surface area contributed by atoms with Crippen LogP contribution in [0.3, 0.4) is 0 Å². The highest BCUT2D eigenvalue weighted by Crippen LogP contribution is 2.53. The summed E-state index contributed by atoms with van der Waals surface area (Å²) >= 11 is 0. The van der Waals surface area contributed by atoms with Gasteiger partial charge in [0.15, 0.2) is 5.79 Å². The van der Waals surface area contributed by atoms with Gasteiger partial charge in [-0.25, -0.2) is 0 Å². The van der Waals surface area contributed by atoms with Gasteiger partial charge in [-0.05, 0) is 33.1 Å². The first-order chi connectivity index (χ1) is 10.1. The molecule has 4 heteroatoms. The predicted molar refractivity (Wildman–Crippen MR) is 86.7 cm³/mol. The molecule has 0 amide bonds. The van der Waals surface area contributed by atoms with Gasteiger partial charge in [0, 0.05) is 17.8 Å². The van der Waals surface area contributed by atoms with Gasteiger partial charge in [-0.3, -0.25) is 0 Å². The van der Waals surface area contributed by atoms with E-state index in [1.165, 1.54) is 5.06 Å². The Kier molecular flexibility index (Phi) is 4.73. The third-order valence-corrected chi connectivity index (χ3v) is 6.83. The van der Waals surface area contributed by atoms with Gasteiger partial charge in [0.05, 0.1) is 24.3 Å². The lowest BCUT2D eigenvalue weighted by Crippen LogP contribution is -2.72. The van der Waals surface area contributed by atoms with Crippen LogP contribution in [0.2, 0.25) is 0 Å². The van der Waals surface area contributed by atoms with Crippen molar-refractivity contribution in [2.75, 3.05) is 13.2 Å². The second-order valence-corrected chi connectivity index (χ2v) is 8.31. The summed E-state index contributed by atoms with van der Waals surface area (Å²) in [5.41, 5.74) is -0.801. The number of nitrogens with zero attached hydrogens (tertiary/aromatic N) is 1. The number of hydrogen-bond acceptors (Lipinski definition) is 3. The van der Waals surface area contributed by atoms with Gasteiger partial charge in [0.2, 0.25) is 0 Å². The Balaban J connectivity index is 2.36. The number of rotatable bonds is 3. The summed E-state index contributed by atoms with van der Waals surface area (Å²) in [6.45, 7) is 16.3. The summed E-state index contributed by atoms with van der Waals surface area (Å²) in [5.74, 6) is -0.575. The molecular weight excluding hydrogens is 278 g/mol. The van der Waals surface area contributed by atoms with Crippen molar-refractivity contribution >= 4 is 0 Å². The molecule has 1 spiro atoms. The van der Waals surface area contributed by atoms with Crippen molar-refractivity contribution in [1.82, 2.24) is 5.06 Å². The van der Waals surface area contributed by atoms with Crippen LogP contribution < -0.4 is 0 Å². The largest absolute Gasteiger partial charge is 0.349 e. The molecule has 2 aliphatic heterocycles. The van der Waals surface area contributed by atoms with Gasteiger partial charge in [-0.2, -0.15) is 0 Å². The molecule has 0 aromatic carbocycles. The van der Waals surface area contributed by atoms with Crippen LogP contribution in [0.1, 0.15) is 74.1 Å². The number of hydrogen-bond donors (Lipinski definition) is 0. The van der Waals surface area contributed by atoms with Crippen molar-refractivity contribution in [2.45, 2.75) is 91.0 Å². The number of ether oxygens (including phenoxy) is 2. The highest BCUT2D eigenvalue weighted by molar-refractivity contribution is 5.08. The summed E-state index contributed by atoms with van der Waals surface area (Å²) in [7, 11) is 0. The molecule has 0 saturated carbocycles. The van der Waals surface area contributed by atoms with Crippen LogP contribution in [0.4, 0.5) is 0 Å². The fraction of sp³-hybridized carbons (Fsp3) is 1.00. The predicted octanol–water partition coefficient (Wildman–Crippen LogP) is 4.17. The van der Waals surface area contributed by atoms with E-state index in [1.807, 2.05) is 0 Å². The maximum atomic E-state index is 13.1. The summed E-state index contributed by atoms with van der Waals surface area (Å²) in [6.07, 6.45) is 3.29. The van der Waals surface area contributed by atoms with Gasteiger partial charge in [-0.15, -0.1) is 10.3 Å². The smallest absolute Gasteiger partial charge is 0.174 e. The molecular formula is C18H34NO3. The quantitative estimate of drug-likeness (QED) is 0.785. The van der Waals surface area contributed by atoms with Crippen molar-refractivity contribution in [3.05, 3.63) is 0 Å². The summed E-state index contributed by atoms with van der Waals surface area (Å²) in [6, 6.07) is 0. The van der Waals surface area contributed by atoms with Crippen molar-refractivity contribution in [3.63, 3.8) is 0 Å². The minimum atomic E-state index is -0.620. The Hall–Kier alpha value is -0.160. The first-order valence-corrected chi connectivity index (χ1v) is 8.87. The molecule has 2 rings (SSSR count). The maximum Gasteiger partial charge on any atom is 0.174 e. The van der Waals surface area contributed by atoms with E-state index in [4.69, 9.17) is 9.47 Å². The van der Waals surface area contributed by atoms with Crippen LogP contribution >= 0.6 is 0 Å². The van der Waals surface area contributed by atoms with Gasteiger partial charge >= 0.3 is 0 Å². The first kappa shape index (κ1) is 18.2. The van der Waals surface area contributed by atoms with E-state index in [0.29, 0.717) is 19.6 Å². The number of piperidine rings is 1. The zero-order valence-electron chi connectivity index (χ0n) is 15.5. The van der Waals surface area contributed by atoms with E-state index >= 15 is 0 Å². The van der Waals surface area contributed by atoms with E-state index in [2.05, 4.69) is 48.5 Å². The van der Waals surface area contributed by atoms with E-state index in [9.17, 15) is 5.21 Å². The average Bonchev–Trinajstić information content (AvgIpc) is 2.54. The van der Waals surface area contributed by atoms with Crippen molar-refractivity contribution in [1.29, 1.82) is 0 Å². The Morgan fingerprint density at radius 2 is 1.55 bits per heavy atom. The van der Waals surface area contributed by atoms with Crippen molar-refractivity contribution < 1.29 is 14.7 Å². The minimum Gasteiger partial charge on any atom is -0.349 e. The molecule has 4 nitrogen and oxygen atoms in total. The molecule has 2 fully saturated rings. The molecule has 129 valence electrons. The van der Waals surface area contributed by atoms with Crippen LogP contribution in [0.5, 0.6) is 0 Å². The highest BCUT2D eigenvalue weighted by Gasteiger charge is 2.63. The molecule has 3 atom stereocenters. The lowest BCUT2D eigenvalue weighted by molar-refractivity contribution is -0.413. The monoisotopic (exact) mass is 312 g/mol. The molecule has 0 N–H and O–H groups in total. The second-order valence-electron chi connectivity index (χ2n) is 8.31. The maximum absolute atomic E-state index is 13.1. The lowest BCUT2D eigenvalue weighted by Gasteiger charge is -2.62. The van der Waals surface area contributed by atoms with Gasteiger partial charge in [-0.1, -0.05) is 34.6 Å². The molecule has 0 aromatic rings. The lowest BCUT2D eigenvalue weighted by atomic mass is 9.67. The van der Waals surface area contributed by atoms with Gasteiger partial charge in [0.1, 0.15) is 0 Å². The van der Waals surface area contributed by atoms with E-state index in [1.54, 1.807) is 0 Å². The summed E-state index contributed by atoms with van der Waals surface area (Å²) in [5, 5.41) is 14.4. The SMILES string of the molecule is CCC1(C)COC2(CC(C)(CC)N([O])C(C)(CC)C2C)OC1. The molecule has 3 unspecified atom stereocenters. The molecule has 22 heavy (non-hydrogen) atoms. The molecule has 2 heterocycles. The zero-order chi connectivity index (χ0) is 16.8. The van der Waals surface area contributed by atoms with Crippen LogP contribution in [0.15, 0.2) is 0 Å². The number of hydroxylamine groups is 2. The molecule has 2 aliphatic rings. The minimum absolute atomic E-state index is 0.0449. The summed E-state index contributed by atoms with van der Waals surface area (Å²) in [4.78, 5) is 0. The Morgan fingerprint density at radius 1 is 1.00 bits per heavy atom. The zero-order valence-corrected chi connectivity index (χ0v) is 15.5. The fourth-order valence-corrected chi connectivity index (χ4v) is 3.97. The van der Waals surface area contributed by atoms with Crippen LogP contribution in [-0.4, -0.2) is 35.1 Å². The third-order valence-electron chi connectivity index (χ3n) is 6.83. The Bertz CT molecular complexity index is 405. The highest BCUT2D eigenvalue weighted by atomic mass is 16.7. The Morgan fingerprint density at radius 3 is 1.95 bits per heavy atom. The van der Waals surface area contributed by atoms with E-state index < -0.39 is 16.9 Å². The Labute approximate surface area is 136 Å². The molecule has 1 radical (unpaired) electrons. The summed E-state index contributed by atoms with van der Waals surface area (Å²) < 4.78 is 12.8. The fourth-order valence-electron chi connectivity index (χ4n) is 3.97. The topological polar surface area (TPSA) is 41.6 Å². The molecule has 0 aliphatic carbocycles. The second kappa shape index (κ2) is 5.73. The van der Waals surface area contributed by atoms with Crippen LogP contribution in [-0.2, 0) is 14.7 Å². The third kappa shape index (κ3) is 2.52. The normalized spacial score (nSPS) is 50.5. The molecule has 0 bridgehead atoms.